The summed E-state index contributed by atoms with van der Waals surface area (Å²) in [5.41, 5.74) is 0. The molecule has 0 aliphatic carbocycles. The second-order valence-corrected chi connectivity index (χ2v) is 16.9. The van der Waals surface area contributed by atoms with Gasteiger partial charge in [0.05, 0.1) is 6.07 Å². The number of halogens is 2. The van der Waals surface area contributed by atoms with Gasteiger partial charge in [0.25, 0.3) is 0 Å². The van der Waals surface area contributed by atoms with Gasteiger partial charge in [0.15, 0.2) is 0 Å². The summed E-state index contributed by atoms with van der Waals surface area (Å²) in [5.74, 6) is 0. The van der Waals surface area contributed by atoms with Gasteiger partial charge in [-0.15, -0.1) is 0 Å². The van der Waals surface area contributed by atoms with Crippen LogP contribution < -0.4 is 6.15 Å². The van der Waals surface area contributed by atoms with Gasteiger partial charge in [-0.3, -0.25) is 0 Å². The molecule has 0 aliphatic rings. The quantitative estimate of drug-likeness (QED) is 0.513. The van der Waals surface area contributed by atoms with E-state index in [2.05, 4.69) is 38.7 Å². The van der Waals surface area contributed by atoms with E-state index in [0.29, 0.717) is 11.2 Å². The van der Waals surface area contributed by atoms with Gasteiger partial charge in [0.2, 0.25) is 0 Å². The van der Waals surface area contributed by atoms with Crippen LogP contribution in [0.2, 0.25) is 0 Å². The van der Waals surface area contributed by atoms with E-state index < -0.39 is 0 Å². The van der Waals surface area contributed by atoms with Crippen molar-refractivity contribution in [2.75, 3.05) is 0 Å². The van der Waals surface area contributed by atoms with Crippen LogP contribution in [-0.2, 0) is 11.2 Å². The maximum atomic E-state index is 7.32. The van der Waals surface area contributed by atoms with Crippen molar-refractivity contribution < 1.29 is 11.2 Å². The Morgan fingerprint density at radius 1 is 1.57 bits per heavy atom. The van der Waals surface area contributed by atoms with E-state index in [4.69, 9.17) is 5.26 Å². The van der Waals surface area contributed by atoms with Crippen molar-refractivity contribution in [3.63, 3.8) is 0 Å². The van der Waals surface area contributed by atoms with E-state index in [0.717, 1.165) is 0 Å². The average molecular weight is 507 g/mol. The van der Waals surface area contributed by atoms with Gasteiger partial charge < -0.3 is 6.15 Å². The molecule has 0 atom stereocenters. The molecule has 0 unspecified atom stereocenters. The van der Waals surface area contributed by atoms with Crippen molar-refractivity contribution in [2.45, 2.75) is 6.92 Å². The zero-order chi connectivity index (χ0) is 5.41. The van der Waals surface area contributed by atoms with Crippen LogP contribution in [-0.4, -0.2) is 0 Å². The first-order valence-electron chi connectivity index (χ1n) is 0.963. The van der Waals surface area contributed by atoms with Gasteiger partial charge in [0.1, 0.15) is 0 Å². The first-order chi connectivity index (χ1) is 2.83. The first-order valence-corrected chi connectivity index (χ1v) is 13.8. The van der Waals surface area contributed by atoms with Crippen LogP contribution in [0, 0.1) is 11.3 Å². The minimum atomic E-state index is 0. The Morgan fingerprint density at radius 2 is 1.57 bits per heavy atom. The number of nitriles is 1. The number of nitrogens with zero attached hydrogens (tertiary/aromatic N) is 1. The van der Waals surface area contributed by atoms with E-state index >= 15 is 0 Å². The average Bonchev–Trinajstić information content (AvgIpc) is 1.39. The zero-order valence-corrected chi connectivity index (χ0v) is 10.3. The summed E-state index contributed by atoms with van der Waals surface area (Å²) in [5, 5.41) is 7.32. The molecule has 2 nitrogen and oxygen atoms in total. The first kappa shape index (κ1) is 15.8. The molecule has 0 fully saturated rings. The van der Waals surface area contributed by atoms with Crippen LogP contribution in [0.1, 0.15) is 6.92 Å². The van der Waals surface area contributed by atoms with Crippen molar-refractivity contribution in [1.82, 2.24) is 6.15 Å². The normalized spacial score (nSPS) is 4.29. The Labute approximate surface area is 73.2 Å². The molecular weight excluding hydrogens is 501 g/mol. The predicted molar refractivity (Wildman–Crippen MR) is 44.3 cm³/mol. The molecule has 0 radical (unpaired) electrons. The molecule has 48 valence electrons. The SMILES string of the molecule is CC#N.N.[I][Pt][I]. The fourth-order valence-electron chi connectivity index (χ4n) is 0. The molecule has 7 heavy (non-hydrogen) atoms. The van der Waals surface area contributed by atoms with Gasteiger partial charge in [-0.05, 0) is 0 Å². The maximum absolute atomic E-state index is 7.32. The Kier molecular flexibility index (Phi) is 57.8. The summed E-state index contributed by atoms with van der Waals surface area (Å²) in [6.45, 7) is 1.43. The van der Waals surface area contributed by atoms with Crippen LogP contribution >= 0.6 is 38.7 Å². The fourth-order valence-corrected chi connectivity index (χ4v) is 0. The zero-order valence-electron chi connectivity index (χ0n) is 3.73. The second kappa shape index (κ2) is 25.5. The molecule has 0 amide bonds. The Hall–Kier alpha value is 1.60. The molecule has 0 rings (SSSR count). The van der Waals surface area contributed by atoms with Gasteiger partial charge in [0, 0.05) is 6.92 Å². The van der Waals surface area contributed by atoms with Crippen LogP contribution in [0.25, 0.3) is 0 Å². The van der Waals surface area contributed by atoms with Crippen molar-refractivity contribution in [1.29, 1.82) is 5.26 Å². The third-order valence-electron chi connectivity index (χ3n) is 0. The molecular formula is C2H6I2N2Pt. The molecule has 3 N–H and O–H groups in total. The molecule has 0 aromatic carbocycles. The molecule has 0 saturated carbocycles. The third kappa shape index (κ3) is 93.2. The van der Waals surface area contributed by atoms with Gasteiger partial charge in [-0.1, -0.05) is 0 Å². The number of hydrogen-bond acceptors (Lipinski definition) is 2. The van der Waals surface area contributed by atoms with Crippen LogP contribution in [0.15, 0.2) is 0 Å². The van der Waals surface area contributed by atoms with Crippen molar-refractivity contribution in [3.05, 3.63) is 0 Å². The molecule has 0 aromatic heterocycles. The van der Waals surface area contributed by atoms with E-state index in [-0.39, 0.29) is 6.15 Å². The Morgan fingerprint density at radius 3 is 1.57 bits per heavy atom. The summed E-state index contributed by atoms with van der Waals surface area (Å²) >= 11 is 5.30. The van der Waals surface area contributed by atoms with E-state index in [1.807, 2.05) is 0 Å². The van der Waals surface area contributed by atoms with Gasteiger partial charge in [-0.2, -0.15) is 5.26 Å². The summed E-state index contributed by atoms with van der Waals surface area (Å²) in [6, 6.07) is 1.75. The third-order valence-corrected chi connectivity index (χ3v) is 0. The van der Waals surface area contributed by atoms with Gasteiger partial charge >= 0.3 is 49.9 Å². The minimum absolute atomic E-state index is 0. The molecule has 0 aliphatic heterocycles. The summed E-state index contributed by atoms with van der Waals surface area (Å²) in [4.78, 5) is 0. The topological polar surface area (TPSA) is 58.8 Å². The molecule has 0 bridgehead atoms. The fraction of sp³-hybridized carbons (Fsp3) is 0.500. The van der Waals surface area contributed by atoms with E-state index in [9.17, 15) is 0 Å². The summed E-state index contributed by atoms with van der Waals surface area (Å²) < 4.78 is 0. The molecule has 0 saturated heterocycles. The number of rotatable bonds is 0. The van der Waals surface area contributed by atoms with Crippen molar-refractivity contribution >= 4 is 38.7 Å². The van der Waals surface area contributed by atoms with Gasteiger partial charge in [-0.25, -0.2) is 0 Å². The number of hydrogen-bond donors (Lipinski definition) is 1. The Balaban J connectivity index is -0.0000000400. The van der Waals surface area contributed by atoms with Crippen LogP contribution in [0.3, 0.4) is 0 Å². The second-order valence-electron chi connectivity index (χ2n) is 0.269. The van der Waals surface area contributed by atoms with Crippen LogP contribution in [0.5, 0.6) is 0 Å². The molecule has 5 heteroatoms. The van der Waals surface area contributed by atoms with E-state index in [1.165, 1.54) is 6.92 Å². The molecule has 0 aromatic rings. The standard InChI is InChI=1S/C2H3N.2HI.H3N.Pt/c1-2-3;;;;/h1H3;2*1H;1H3;/q;;;;+2/p-2. The monoisotopic (exact) mass is 507 g/mol. The predicted octanol–water partition coefficient (Wildman–Crippen LogP) is 2.46. The summed E-state index contributed by atoms with van der Waals surface area (Å²) in [7, 11) is 0. The summed E-state index contributed by atoms with van der Waals surface area (Å²) in [6.07, 6.45) is 0. The van der Waals surface area contributed by atoms with Crippen molar-refractivity contribution in [3.8, 4) is 6.07 Å². The van der Waals surface area contributed by atoms with Crippen LogP contribution in [0.4, 0.5) is 0 Å². The molecule has 0 heterocycles. The van der Waals surface area contributed by atoms with Crippen molar-refractivity contribution in [2.24, 2.45) is 0 Å². The Bertz CT molecular complexity index is 43.4. The molecule has 0 spiro atoms. The van der Waals surface area contributed by atoms with E-state index in [1.54, 1.807) is 6.07 Å².